The summed E-state index contributed by atoms with van der Waals surface area (Å²) in [6.45, 7) is 6.28. The Kier molecular flexibility index (Phi) is 4.24. The Labute approximate surface area is 125 Å². The molecule has 2 aliphatic rings. The lowest BCUT2D eigenvalue weighted by molar-refractivity contribution is 0.0415. The van der Waals surface area contributed by atoms with Gasteiger partial charge >= 0.3 is 0 Å². The summed E-state index contributed by atoms with van der Waals surface area (Å²) in [6, 6.07) is 8.32. The van der Waals surface area contributed by atoms with Crippen LogP contribution in [0.4, 0.5) is 0 Å². The van der Waals surface area contributed by atoms with Gasteiger partial charge in [-0.2, -0.15) is 0 Å². The average molecular weight is 293 g/mol. The first-order chi connectivity index (χ1) is 9.74. The highest BCUT2D eigenvalue weighted by molar-refractivity contribution is 8.01. The van der Waals surface area contributed by atoms with Crippen LogP contribution in [-0.4, -0.2) is 48.3 Å². The second kappa shape index (κ2) is 5.96. The van der Waals surface area contributed by atoms with Gasteiger partial charge in [-0.05, 0) is 19.4 Å². The molecule has 1 aromatic rings. The number of benzene rings is 1. The Hall–Kier alpha value is -0.710. The second-order valence-corrected chi connectivity index (χ2v) is 7.22. The zero-order valence-electron chi connectivity index (χ0n) is 12.3. The molecule has 3 rings (SSSR count). The molecule has 2 fully saturated rings. The maximum Gasteiger partial charge on any atom is 0.123 e. The summed E-state index contributed by atoms with van der Waals surface area (Å²) in [7, 11) is 1.75. The molecule has 3 nitrogen and oxygen atoms in total. The highest BCUT2D eigenvalue weighted by Crippen LogP contribution is 2.46. The van der Waals surface area contributed by atoms with E-state index in [1.54, 1.807) is 7.11 Å². The third kappa shape index (κ3) is 2.83. The van der Waals surface area contributed by atoms with E-state index in [2.05, 4.69) is 35.7 Å². The molecule has 1 spiro atoms. The molecule has 2 heterocycles. The van der Waals surface area contributed by atoms with Gasteiger partial charge in [0.1, 0.15) is 5.75 Å². The molecule has 1 aromatic carbocycles. The maximum atomic E-state index is 5.76. The topological polar surface area (TPSA) is 21.7 Å². The Morgan fingerprint density at radius 1 is 1.35 bits per heavy atom. The molecule has 0 saturated carbocycles. The molecule has 2 saturated heterocycles. The Morgan fingerprint density at radius 2 is 2.15 bits per heavy atom. The first-order valence-electron chi connectivity index (χ1n) is 7.34. The molecule has 110 valence electrons. The molecule has 20 heavy (non-hydrogen) atoms. The van der Waals surface area contributed by atoms with E-state index in [4.69, 9.17) is 9.47 Å². The third-order valence-corrected chi connectivity index (χ3v) is 5.76. The molecule has 0 aliphatic carbocycles. The number of methoxy groups -OCH3 is 1. The van der Waals surface area contributed by atoms with Crippen LogP contribution >= 0.6 is 11.8 Å². The van der Waals surface area contributed by atoms with Gasteiger partial charge in [0.05, 0.1) is 13.2 Å². The normalized spacial score (nSPS) is 24.8. The van der Waals surface area contributed by atoms with Crippen LogP contribution in [0.25, 0.3) is 0 Å². The van der Waals surface area contributed by atoms with Crippen molar-refractivity contribution in [3.63, 3.8) is 0 Å². The van der Waals surface area contributed by atoms with Crippen molar-refractivity contribution in [1.82, 2.24) is 4.90 Å². The quantitative estimate of drug-likeness (QED) is 0.832. The summed E-state index contributed by atoms with van der Waals surface area (Å²) in [5, 5.41) is 0. The number of nitrogens with zero attached hydrogens (tertiary/aromatic N) is 1. The lowest BCUT2D eigenvalue weighted by Gasteiger charge is -2.47. The molecule has 0 aromatic heterocycles. The molecular weight excluding hydrogens is 270 g/mol. The Balaban J connectivity index is 1.54. The fourth-order valence-electron chi connectivity index (χ4n) is 3.32. The summed E-state index contributed by atoms with van der Waals surface area (Å²) in [5.41, 5.74) is 1.29. The fourth-order valence-corrected chi connectivity index (χ4v) is 4.93. The maximum absolute atomic E-state index is 5.76. The molecule has 2 aliphatic heterocycles. The molecule has 4 heteroatoms. The van der Waals surface area contributed by atoms with E-state index in [0.29, 0.717) is 10.9 Å². The first kappa shape index (κ1) is 14.2. The van der Waals surface area contributed by atoms with Gasteiger partial charge in [-0.25, -0.2) is 0 Å². The summed E-state index contributed by atoms with van der Waals surface area (Å²) >= 11 is 2.11. The van der Waals surface area contributed by atoms with Gasteiger partial charge < -0.3 is 9.47 Å². The second-order valence-electron chi connectivity index (χ2n) is 5.73. The molecule has 0 bridgehead atoms. The van der Waals surface area contributed by atoms with Gasteiger partial charge in [-0.1, -0.05) is 18.2 Å². The molecular formula is C16H23NO2S. The van der Waals surface area contributed by atoms with Gasteiger partial charge in [0, 0.05) is 42.3 Å². The largest absolute Gasteiger partial charge is 0.496 e. The SMILES string of the molecule is CCOC1CSC2(C1)CN(Cc1ccccc1OC)C2. The van der Waals surface area contributed by atoms with Crippen LogP contribution in [0.1, 0.15) is 18.9 Å². The van der Waals surface area contributed by atoms with Crippen molar-refractivity contribution in [3.8, 4) is 5.75 Å². The molecule has 1 atom stereocenters. The predicted octanol–water partition coefficient (Wildman–Crippen LogP) is 2.79. The minimum absolute atomic E-state index is 0.460. The number of hydrogen-bond acceptors (Lipinski definition) is 4. The summed E-state index contributed by atoms with van der Waals surface area (Å²) < 4.78 is 11.7. The van der Waals surface area contributed by atoms with E-state index in [0.717, 1.165) is 24.7 Å². The van der Waals surface area contributed by atoms with Crippen LogP contribution < -0.4 is 4.74 Å². The predicted molar refractivity (Wildman–Crippen MR) is 83.5 cm³/mol. The van der Waals surface area contributed by atoms with Crippen molar-refractivity contribution < 1.29 is 9.47 Å². The third-order valence-electron chi connectivity index (χ3n) is 4.19. The van der Waals surface area contributed by atoms with Gasteiger partial charge in [-0.3, -0.25) is 4.90 Å². The van der Waals surface area contributed by atoms with Crippen molar-refractivity contribution in [2.24, 2.45) is 0 Å². The van der Waals surface area contributed by atoms with Crippen LogP contribution in [-0.2, 0) is 11.3 Å². The van der Waals surface area contributed by atoms with Crippen molar-refractivity contribution in [3.05, 3.63) is 29.8 Å². The van der Waals surface area contributed by atoms with E-state index >= 15 is 0 Å². The number of likely N-dealkylation sites (tertiary alicyclic amines) is 1. The van der Waals surface area contributed by atoms with E-state index in [9.17, 15) is 0 Å². The number of thioether (sulfide) groups is 1. The van der Waals surface area contributed by atoms with Crippen molar-refractivity contribution in [2.45, 2.75) is 30.7 Å². The number of hydrogen-bond donors (Lipinski definition) is 0. The lowest BCUT2D eigenvalue weighted by Crippen LogP contribution is -2.58. The average Bonchev–Trinajstić information content (AvgIpc) is 2.83. The Bertz CT molecular complexity index is 460. The first-order valence-corrected chi connectivity index (χ1v) is 8.33. The van der Waals surface area contributed by atoms with Gasteiger partial charge in [0.2, 0.25) is 0 Å². The molecule has 1 unspecified atom stereocenters. The highest BCUT2D eigenvalue weighted by Gasteiger charge is 2.49. The Morgan fingerprint density at radius 3 is 2.90 bits per heavy atom. The van der Waals surface area contributed by atoms with Crippen LogP contribution in [0.2, 0.25) is 0 Å². The van der Waals surface area contributed by atoms with E-state index in [-0.39, 0.29) is 0 Å². The van der Waals surface area contributed by atoms with E-state index < -0.39 is 0 Å². The van der Waals surface area contributed by atoms with Crippen LogP contribution in [0.15, 0.2) is 24.3 Å². The van der Waals surface area contributed by atoms with Gasteiger partial charge in [-0.15, -0.1) is 11.8 Å². The highest BCUT2D eigenvalue weighted by atomic mass is 32.2. The monoisotopic (exact) mass is 293 g/mol. The van der Waals surface area contributed by atoms with Crippen molar-refractivity contribution in [2.75, 3.05) is 32.6 Å². The lowest BCUT2D eigenvalue weighted by atomic mass is 9.92. The van der Waals surface area contributed by atoms with E-state index in [1.807, 2.05) is 12.1 Å². The van der Waals surface area contributed by atoms with Crippen molar-refractivity contribution >= 4 is 11.8 Å². The zero-order valence-corrected chi connectivity index (χ0v) is 13.1. The number of para-hydroxylation sites is 1. The standard InChI is InChI=1S/C16H23NO2S/c1-3-19-14-8-16(20-10-14)11-17(12-16)9-13-6-4-5-7-15(13)18-2/h4-7,14H,3,8-12H2,1-2H3. The zero-order chi connectivity index (χ0) is 14.0. The minimum Gasteiger partial charge on any atom is -0.496 e. The van der Waals surface area contributed by atoms with Crippen LogP contribution in [0.3, 0.4) is 0 Å². The number of ether oxygens (including phenoxy) is 2. The van der Waals surface area contributed by atoms with Gasteiger partial charge in [0.15, 0.2) is 0 Å². The van der Waals surface area contributed by atoms with Crippen LogP contribution in [0, 0.1) is 0 Å². The molecule has 0 amide bonds. The van der Waals surface area contributed by atoms with E-state index in [1.165, 1.54) is 25.1 Å². The minimum atomic E-state index is 0.460. The number of rotatable bonds is 5. The summed E-state index contributed by atoms with van der Waals surface area (Å²) in [5.74, 6) is 2.16. The fraction of sp³-hybridized carbons (Fsp3) is 0.625. The van der Waals surface area contributed by atoms with Crippen LogP contribution in [0.5, 0.6) is 5.75 Å². The molecule has 0 N–H and O–H groups in total. The van der Waals surface area contributed by atoms with Crippen molar-refractivity contribution in [1.29, 1.82) is 0 Å². The summed E-state index contributed by atoms with van der Waals surface area (Å²) in [4.78, 5) is 2.51. The smallest absolute Gasteiger partial charge is 0.123 e. The summed E-state index contributed by atoms with van der Waals surface area (Å²) in [6.07, 6.45) is 1.69. The van der Waals surface area contributed by atoms with Gasteiger partial charge in [0.25, 0.3) is 0 Å². The molecule has 0 radical (unpaired) electrons.